The zero-order chi connectivity index (χ0) is 15.3. The molecule has 1 aliphatic rings. The number of carbonyl (C=O) groups is 1. The molecule has 1 N–H and O–H groups in total. The van der Waals surface area contributed by atoms with Crippen molar-refractivity contribution in [3.63, 3.8) is 0 Å². The summed E-state index contributed by atoms with van der Waals surface area (Å²) in [6, 6.07) is 10.1. The molecule has 1 aliphatic heterocycles. The van der Waals surface area contributed by atoms with Crippen LogP contribution in [0.1, 0.15) is 32.8 Å². The lowest BCUT2D eigenvalue weighted by atomic mass is 9.94. The minimum atomic E-state index is -0.387. The molecule has 0 aromatic heterocycles. The second-order valence-electron chi connectivity index (χ2n) is 6.53. The van der Waals surface area contributed by atoms with Gasteiger partial charge in [-0.1, -0.05) is 51.1 Å². The number of rotatable bonds is 4. The number of amides is 1. The third-order valence-corrected chi connectivity index (χ3v) is 3.61. The van der Waals surface area contributed by atoms with Gasteiger partial charge in [-0.05, 0) is 12.0 Å². The first kappa shape index (κ1) is 16.0. The number of hydrogen-bond acceptors (Lipinski definition) is 3. The Morgan fingerprint density at radius 1 is 1.33 bits per heavy atom. The molecule has 1 saturated heterocycles. The fraction of sp³-hybridized carbons (Fsp3) is 0.588. The van der Waals surface area contributed by atoms with Crippen LogP contribution in [0.15, 0.2) is 30.3 Å². The summed E-state index contributed by atoms with van der Waals surface area (Å²) in [5.41, 5.74) is 0.742. The Labute approximate surface area is 126 Å². The molecule has 1 heterocycles. The van der Waals surface area contributed by atoms with E-state index in [1.54, 1.807) is 0 Å². The molecule has 0 saturated carbocycles. The normalized spacial score (nSPS) is 22.8. The fourth-order valence-electron chi connectivity index (χ4n) is 2.20. The zero-order valence-corrected chi connectivity index (χ0v) is 13.1. The summed E-state index contributed by atoms with van der Waals surface area (Å²) in [6.45, 7) is 7.49. The molecule has 4 heteroatoms. The second kappa shape index (κ2) is 7.05. The Bertz CT molecular complexity index is 453. The lowest BCUT2D eigenvalue weighted by Crippen LogP contribution is -2.52. The Hall–Kier alpha value is -1.39. The number of hydrogen-bond donors (Lipinski definition) is 1. The minimum absolute atomic E-state index is 0.0224. The molecule has 116 valence electrons. The molecule has 21 heavy (non-hydrogen) atoms. The van der Waals surface area contributed by atoms with Crippen molar-refractivity contribution in [2.24, 2.45) is 5.41 Å². The van der Waals surface area contributed by atoms with Gasteiger partial charge in [-0.2, -0.15) is 0 Å². The van der Waals surface area contributed by atoms with Crippen LogP contribution in [0, 0.1) is 5.41 Å². The molecule has 1 aromatic carbocycles. The van der Waals surface area contributed by atoms with Crippen LogP contribution >= 0.6 is 0 Å². The highest BCUT2D eigenvalue weighted by Crippen LogP contribution is 2.18. The third-order valence-electron chi connectivity index (χ3n) is 3.61. The molecule has 0 aliphatic carbocycles. The first-order valence-electron chi connectivity index (χ1n) is 7.51. The van der Waals surface area contributed by atoms with Crippen LogP contribution in [0.4, 0.5) is 0 Å². The Balaban J connectivity index is 1.91. The number of benzene rings is 1. The van der Waals surface area contributed by atoms with Gasteiger partial charge in [0.05, 0.1) is 19.3 Å². The van der Waals surface area contributed by atoms with Gasteiger partial charge < -0.3 is 14.8 Å². The lowest BCUT2D eigenvalue weighted by Gasteiger charge is -2.34. The van der Waals surface area contributed by atoms with E-state index in [9.17, 15) is 4.79 Å². The maximum Gasteiger partial charge on any atom is 0.225 e. The summed E-state index contributed by atoms with van der Waals surface area (Å²) >= 11 is 0. The van der Waals surface area contributed by atoms with Crippen LogP contribution in [0.5, 0.6) is 0 Å². The van der Waals surface area contributed by atoms with Crippen molar-refractivity contribution in [3.8, 4) is 0 Å². The van der Waals surface area contributed by atoms with E-state index in [1.807, 2.05) is 51.1 Å². The monoisotopic (exact) mass is 291 g/mol. The van der Waals surface area contributed by atoms with Gasteiger partial charge in [-0.3, -0.25) is 4.79 Å². The topological polar surface area (TPSA) is 47.6 Å². The van der Waals surface area contributed by atoms with Crippen LogP contribution in [-0.2, 0) is 20.9 Å². The SMILES string of the molecule is CC(C)(C)C(=O)N[C@@H]1CCOC[C@H]1OCc1ccccc1. The smallest absolute Gasteiger partial charge is 0.225 e. The largest absolute Gasteiger partial charge is 0.379 e. The second-order valence-corrected chi connectivity index (χ2v) is 6.53. The van der Waals surface area contributed by atoms with Gasteiger partial charge in [0.1, 0.15) is 6.10 Å². The van der Waals surface area contributed by atoms with Crippen LogP contribution in [-0.4, -0.2) is 31.3 Å². The Morgan fingerprint density at radius 3 is 2.71 bits per heavy atom. The predicted molar refractivity (Wildman–Crippen MR) is 81.8 cm³/mol. The van der Waals surface area contributed by atoms with E-state index in [-0.39, 0.29) is 23.5 Å². The molecular weight excluding hydrogens is 266 g/mol. The van der Waals surface area contributed by atoms with Gasteiger partial charge in [0.15, 0.2) is 0 Å². The van der Waals surface area contributed by atoms with Crippen LogP contribution in [0.3, 0.4) is 0 Å². The standard InChI is InChI=1S/C17H25NO3/c1-17(2,3)16(19)18-14-9-10-20-12-15(14)21-11-13-7-5-4-6-8-13/h4-8,14-15H,9-12H2,1-3H3,(H,18,19)/t14-,15-/m1/s1. The van der Waals surface area contributed by atoms with Crippen LogP contribution in [0.2, 0.25) is 0 Å². The molecule has 2 rings (SSSR count). The summed E-state index contributed by atoms with van der Waals surface area (Å²) in [7, 11) is 0. The average Bonchev–Trinajstić information content (AvgIpc) is 2.46. The van der Waals surface area contributed by atoms with E-state index in [2.05, 4.69) is 5.32 Å². The summed E-state index contributed by atoms with van der Waals surface area (Å²) in [4.78, 5) is 12.1. The van der Waals surface area contributed by atoms with Crippen LogP contribution < -0.4 is 5.32 Å². The molecule has 0 unspecified atom stereocenters. The fourth-order valence-corrected chi connectivity index (χ4v) is 2.20. The highest BCUT2D eigenvalue weighted by Gasteiger charge is 2.31. The molecule has 0 radical (unpaired) electrons. The van der Waals surface area contributed by atoms with E-state index in [0.717, 1.165) is 12.0 Å². The average molecular weight is 291 g/mol. The van der Waals surface area contributed by atoms with Crippen molar-refractivity contribution in [1.29, 1.82) is 0 Å². The van der Waals surface area contributed by atoms with Gasteiger partial charge in [0, 0.05) is 12.0 Å². The maximum atomic E-state index is 12.1. The molecule has 2 atom stereocenters. The Kier molecular flexibility index (Phi) is 5.37. The summed E-state index contributed by atoms with van der Waals surface area (Å²) in [6.07, 6.45) is 0.701. The summed E-state index contributed by atoms with van der Waals surface area (Å²) in [5.74, 6) is 0.0581. The summed E-state index contributed by atoms with van der Waals surface area (Å²) in [5, 5.41) is 3.10. The molecule has 1 fully saturated rings. The van der Waals surface area contributed by atoms with Crippen molar-refractivity contribution in [2.75, 3.05) is 13.2 Å². The quantitative estimate of drug-likeness (QED) is 0.927. The molecule has 1 amide bonds. The number of carbonyl (C=O) groups excluding carboxylic acids is 1. The van der Waals surface area contributed by atoms with E-state index in [1.165, 1.54) is 0 Å². The van der Waals surface area contributed by atoms with Gasteiger partial charge in [0.25, 0.3) is 0 Å². The van der Waals surface area contributed by atoms with Crippen LogP contribution in [0.25, 0.3) is 0 Å². The van der Waals surface area contributed by atoms with Gasteiger partial charge in [0.2, 0.25) is 5.91 Å². The maximum absolute atomic E-state index is 12.1. The molecular formula is C17H25NO3. The minimum Gasteiger partial charge on any atom is -0.379 e. The Morgan fingerprint density at radius 2 is 2.05 bits per heavy atom. The van der Waals surface area contributed by atoms with E-state index < -0.39 is 0 Å². The van der Waals surface area contributed by atoms with Crippen molar-refractivity contribution < 1.29 is 14.3 Å². The first-order valence-corrected chi connectivity index (χ1v) is 7.51. The highest BCUT2D eigenvalue weighted by atomic mass is 16.5. The van der Waals surface area contributed by atoms with Gasteiger partial charge in [-0.15, -0.1) is 0 Å². The van der Waals surface area contributed by atoms with E-state index in [0.29, 0.717) is 19.8 Å². The third kappa shape index (κ3) is 4.83. The first-order chi connectivity index (χ1) is 9.97. The molecule has 4 nitrogen and oxygen atoms in total. The van der Waals surface area contributed by atoms with Crippen molar-refractivity contribution in [3.05, 3.63) is 35.9 Å². The summed E-state index contributed by atoms with van der Waals surface area (Å²) < 4.78 is 11.4. The predicted octanol–water partition coefficient (Wildman–Crippen LogP) is 2.52. The molecule has 0 spiro atoms. The van der Waals surface area contributed by atoms with Crippen molar-refractivity contribution >= 4 is 5.91 Å². The van der Waals surface area contributed by atoms with Crippen molar-refractivity contribution in [2.45, 2.75) is 45.9 Å². The molecule has 0 bridgehead atoms. The van der Waals surface area contributed by atoms with E-state index in [4.69, 9.17) is 9.47 Å². The molecule has 1 aromatic rings. The van der Waals surface area contributed by atoms with E-state index >= 15 is 0 Å². The highest BCUT2D eigenvalue weighted by molar-refractivity contribution is 5.81. The number of nitrogens with one attached hydrogen (secondary N) is 1. The van der Waals surface area contributed by atoms with Gasteiger partial charge in [-0.25, -0.2) is 0 Å². The van der Waals surface area contributed by atoms with Crippen molar-refractivity contribution in [1.82, 2.24) is 5.32 Å². The number of ether oxygens (including phenoxy) is 2. The lowest BCUT2D eigenvalue weighted by molar-refractivity contribution is -0.133. The zero-order valence-electron chi connectivity index (χ0n) is 13.1. The van der Waals surface area contributed by atoms with Gasteiger partial charge >= 0.3 is 0 Å².